The Morgan fingerprint density at radius 1 is 1.00 bits per heavy atom. The predicted octanol–water partition coefficient (Wildman–Crippen LogP) is 1.60. The molecule has 0 bridgehead atoms. The summed E-state index contributed by atoms with van der Waals surface area (Å²) in [7, 11) is 0. The van der Waals surface area contributed by atoms with E-state index in [4.69, 9.17) is 9.84 Å². The van der Waals surface area contributed by atoms with Crippen LogP contribution in [0, 0.1) is 0 Å². The number of aliphatic hydroxyl groups is 1. The zero-order chi connectivity index (χ0) is 12.3. The molecule has 6 heteroatoms. The van der Waals surface area contributed by atoms with Crippen LogP contribution in [0.1, 0.15) is 12.5 Å². The molecule has 0 aromatic heterocycles. The summed E-state index contributed by atoms with van der Waals surface area (Å²) in [5.41, 5.74) is 1.25. The molecule has 0 amide bonds. The fraction of sp³-hybridized carbons (Fsp3) is 0.538. The van der Waals surface area contributed by atoms with Crippen LogP contribution in [0.15, 0.2) is 24.3 Å². The van der Waals surface area contributed by atoms with Gasteiger partial charge in [0.05, 0.1) is 13.2 Å². The molecule has 19 heavy (non-hydrogen) atoms. The molecule has 0 heterocycles. The summed E-state index contributed by atoms with van der Waals surface area (Å²) in [6.45, 7) is 6.16. The molecule has 0 aliphatic heterocycles. The van der Waals surface area contributed by atoms with Crippen molar-refractivity contribution in [2.24, 2.45) is 0 Å². The Morgan fingerprint density at radius 3 is 2.21 bits per heavy atom. The van der Waals surface area contributed by atoms with Gasteiger partial charge in [0.25, 0.3) is 0 Å². The third-order valence-corrected chi connectivity index (χ3v) is 2.33. The average molecular weight is 311 g/mol. The first kappa shape index (κ1) is 20.8. The van der Waals surface area contributed by atoms with Gasteiger partial charge >= 0.3 is 0 Å². The molecule has 4 nitrogen and oxygen atoms in total. The molecule has 1 rings (SSSR count). The number of hydrogen-bond acceptors (Lipinski definition) is 4. The second-order valence-corrected chi connectivity index (χ2v) is 3.73. The van der Waals surface area contributed by atoms with E-state index < -0.39 is 0 Å². The van der Waals surface area contributed by atoms with Gasteiger partial charge in [-0.15, -0.1) is 24.8 Å². The first-order valence-corrected chi connectivity index (χ1v) is 6.11. The van der Waals surface area contributed by atoms with Gasteiger partial charge in [-0.2, -0.15) is 0 Å². The lowest BCUT2D eigenvalue weighted by atomic mass is 10.2. The van der Waals surface area contributed by atoms with Crippen LogP contribution in [-0.2, 0) is 6.54 Å². The first-order valence-electron chi connectivity index (χ1n) is 6.11. The molecule has 1 aromatic rings. The number of nitrogens with one attached hydrogen (secondary N) is 2. The van der Waals surface area contributed by atoms with Gasteiger partial charge in [-0.3, -0.25) is 0 Å². The Kier molecular flexibility index (Phi) is 15.2. The van der Waals surface area contributed by atoms with Crippen molar-refractivity contribution in [3.63, 3.8) is 0 Å². The summed E-state index contributed by atoms with van der Waals surface area (Å²) in [5.74, 6) is 0.917. The quantitative estimate of drug-likeness (QED) is 0.607. The van der Waals surface area contributed by atoms with Crippen molar-refractivity contribution < 1.29 is 9.84 Å². The lowest BCUT2D eigenvalue weighted by Gasteiger charge is -2.07. The molecule has 0 atom stereocenters. The summed E-state index contributed by atoms with van der Waals surface area (Å²) >= 11 is 0. The van der Waals surface area contributed by atoms with Crippen LogP contribution in [0.4, 0.5) is 0 Å². The lowest BCUT2D eigenvalue weighted by molar-refractivity contribution is 0.292. The maximum absolute atomic E-state index is 8.58. The standard InChI is InChI=1S/C13H22N2O2.2ClH/c1-2-17-13-5-3-12(4-6-13)11-15-8-7-14-9-10-16;;/h3-6,14-16H,2,7-11H2,1H3;2*1H. The van der Waals surface area contributed by atoms with Crippen molar-refractivity contribution in [3.05, 3.63) is 29.8 Å². The van der Waals surface area contributed by atoms with Crippen LogP contribution >= 0.6 is 24.8 Å². The smallest absolute Gasteiger partial charge is 0.119 e. The Bertz CT molecular complexity index is 297. The van der Waals surface area contributed by atoms with Crippen LogP contribution in [0.3, 0.4) is 0 Å². The normalized spacial score (nSPS) is 9.37. The van der Waals surface area contributed by atoms with E-state index in [1.807, 2.05) is 19.1 Å². The SMILES string of the molecule is CCOc1ccc(CNCCNCCO)cc1.Cl.Cl. The summed E-state index contributed by atoms with van der Waals surface area (Å²) in [5, 5.41) is 15.0. The zero-order valence-electron chi connectivity index (χ0n) is 11.2. The van der Waals surface area contributed by atoms with Gasteiger partial charge in [-0.1, -0.05) is 12.1 Å². The molecule has 1 aromatic carbocycles. The van der Waals surface area contributed by atoms with Crippen LogP contribution in [-0.4, -0.2) is 38.0 Å². The molecule has 0 fully saturated rings. The number of benzene rings is 1. The first-order chi connectivity index (χ1) is 8.36. The summed E-state index contributed by atoms with van der Waals surface area (Å²) in [6.07, 6.45) is 0. The number of aliphatic hydroxyl groups excluding tert-OH is 1. The summed E-state index contributed by atoms with van der Waals surface area (Å²) < 4.78 is 5.38. The van der Waals surface area contributed by atoms with Gasteiger partial charge in [-0.05, 0) is 24.6 Å². The summed E-state index contributed by atoms with van der Waals surface area (Å²) in [6, 6.07) is 8.12. The molecule has 0 aliphatic rings. The fourth-order valence-electron chi connectivity index (χ4n) is 1.48. The molecular formula is C13H24Cl2N2O2. The number of rotatable bonds is 9. The molecular weight excluding hydrogens is 287 g/mol. The van der Waals surface area contributed by atoms with E-state index in [1.165, 1.54) is 5.56 Å². The van der Waals surface area contributed by atoms with E-state index in [1.54, 1.807) is 0 Å². The zero-order valence-corrected chi connectivity index (χ0v) is 12.9. The van der Waals surface area contributed by atoms with Crippen molar-refractivity contribution in [1.82, 2.24) is 10.6 Å². The molecule has 0 spiro atoms. The van der Waals surface area contributed by atoms with Crippen LogP contribution < -0.4 is 15.4 Å². The molecule has 0 radical (unpaired) electrons. The Morgan fingerprint density at radius 2 is 1.63 bits per heavy atom. The molecule has 0 saturated heterocycles. The molecule has 0 saturated carbocycles. The van der Waals surface area contributed by atoms with Crippen molar-refractivity contribution in [2.75, 3.05) is 32.8 Å². The predicted molar refractivity (Wildman–Crippen MR) is 83.8 cm³/mol. The van der Waals surface area contributed by atoms with Gasteiger partial charge in [-0.25, -0.2) is 0 Å². The highest BCUT2D eigenvalue weighted by molar-refractivity contribution is 5.85. The molecule has 112 valence electrons. The highest BCUT2D eigenvalue weighted by atomic mass is 35.5. The minimum atomic E-state index is 0. The largest absolute Gasteiger partial charge is 0.494 e. The van der Waals surface area contributed by atoms with Gasteiger partial charge in [0, 0.05) is 26.2 Å². The van der Waals surface area contributed by atoms with Gasteiger partial charge in [0.2, 0.25) is 0 Å². The van der Waals surface area contributed by atoms with Crippen LogP contribution in [0.2, 0.25) is 0 Å². The Balaban J connectivity index is 0. The second-order valence-electron chi connectivity index (χ2n) is 3.73. The molecule has 3 N–H and O–H groups in total. The molecule has 0 unspecified atom stereocenters. The topological polar surface area (TPSA) is 53.5 Å². The third kappa shape index (κ3) is 9.99. The van der Waals surface area contributed by atoms with Crippen molar-refractivity contribution in [3.8, 4) is 5.75 Å². The van der Waals surface area contributed by atoms with Crippen LogP contribution in [0.25, 0.3) is 0 Å². The van der Waals surface area contributed by atoms with Crippen molar-refractivity contribution in [1.29, 1.82) is 0 Å². The average Bonchev–Trinajstić information content (AvgIpc) is 2.36. The van der Waals surface area contributed by atoms with Gasteiger partial charge in [0.15, 0.2) is 0 Å². The van der Waals surface area contributed by atoms with Crippen molar-refractivity contribution >= 4 is 24.8 Å². The fourth-order valence-corrected chi connectivity index (χ4v) is 1.48. The number of halogens is 2. The Hall–Kier alpha value is -0.520. The van der Waals surface area contributed by atoms with E-state index in [9.17, 15) is 0 Å². The Labute approximate surface area is 127 Å². The minimum absolute atomic E-state index is 0. The third-order valence-electron chi connectivity index (χ3n) is 2.33. The maximum atomic E-state index is 8.58. The summed E-state index contributed by atoms with van der Waals surface area (Å²) in [4.78, 5) is 0. The van der Waals surface area contributed by atoms with Crippen LogP contribution in [0.5, 0.6) is 5.75 Å². The van der Waals surface area contributed by atoms with Crippen molar-refractivity contribution in [2.45, 2.75) is 13.5 Å². The number of hydrogen-bond donors (Lipinski definition) is 3. The lowest BCUT2D eigenvalue weighted by Crippen LogP contribution is -2.28. The van der Waals surface area contributed by atoms with E-state index in [-0.39, 0.29) is 31.4 Å². The highest BCUT2D eigenvalue weighted by Crippen LogP contribution is 2.11. The van der Waals surface area contributed by atoms with E-state index in [0.29, 0.717) is 13.2 Å². The van der Waals surface area contributed by atoms with Gasteiger partial charge < -0.3 is 20.5 Å². The van der Waals surface area contributed by atoms with Gasteiger partial charge in [0.1, 0.15) is 5.75 Å². The highest BCUT2D eigenvalue weighted by Gasteiger charge is 1.94. The molecule has 0 aliphatic carbocycles. The monoisotopic (exact) mass is 310 g/mol. The number of ether oxygens (including phenoxy) is 1. The maximum Gasteiger partial charge on any atom is 0.119 e. The van der Waals surface area contributed by atoms with E-state index >= 15 is 0 Å². The van der Waals surface area contributed by atoms with E-state index in [2.05, 4.69) is 22.8 Å². The minimum Gasteiger partial charge on any atom is -0.494 e. The second kappa shape index (κ2) is 13.9. The van der Waals surface area contributed by atoms with E-state index in [0.717, 1.165) is 25.4 Å².